The van der Waals surface area contributed by atoms with Crippen LogP contribution in [0.15, 0.2) is 36.4 Å². The number of anilines is 1. The number of methoxy groups -OCH3 is 1. The molecule has 20 heavy (non-hydrogen) atoms. The highest BCUT2D eigenvalue weighted by atomic mass is 35.5. The normalized spacial score (nSPS) is 10.9. The summed E-state index contributed by atoms with van der Waals surface area (Å²) in [7, 11) is 1.59. The molecule has 3 aromatic rings. The maximum atomic E-state index is 6.07. The lowest BCUT2D eigenvalue weighted by molar-refractivity contribution is 0.413. The molecule has 0 radical (unpaired) electrons. The summed E-state index contributed by atoms with van der Waals surface area (Å²) in [4.78, 5) is 4.32. The van der Waals surface area contributed by atoms with Gasteiger partial charge in [-0.2, -0.15) is 0 Å². The summed E-state index contributed by atoms with van der Waals surface area (Å²) in [6, 6.07) is 10.7. The zero-order valence-corrected chi connectivity index (χ0v) is 12.1. The van der Waals surface area contributed by atoms with Gasteiger partial charge in [-0.15, -0.1) is 0 Å². The number of ether oxygens (including phenoxy) is 1. The molecule has 1 aromatic heterocycles. The first kappa shape index (κ1) is 13.1. The Hall–Kier alpha value is -1.91. The van der Waals surface area contributed by atoms with Gasteiger partial charge in [0.1, 0.15) is 5.75 Å². The van der Waals surface area contributed by atoms with Gasteiger partial charge in [0.15, 0.2) is 0 Å². The standard InChI is InChI=1S/C14H11Cl2N3O/c1-20-13-5-3-9(16)7-12(13)19-11-6-8(15)2-4-10(11)18-14(19)17/h2-7H,1H3,(H2,17,18). The maximum absolute atomic E-state index is 6.07. The van der Waals surface area contributed by atoms with Gasteiger partial charge in [-0.3, -0.25) is 4.57 Å². The number of fused-ring (bicyclic) bond motifs is 1. The Morgan fingerprint density at radius 3 is 2.55 bits per heavy atom. The molecule has 1 heterocycles. The predicted octanol–water partition coefficient (Wildman–Crippen LogP) is 3.92. The van der Waals surface area contributed by atoms with E-state index >= 15 is 0 Å². The lowest BCUT2D eigenvalue weighted by Gasteiger charge is -2.12. The van der Waals surface area contributed by atoms with Crippen molar-refractivity contribution in [1.29, 1.82) is 0 Å². The molecule has 4 nitrogen and oxygen atoms in total. The summed E-state index contributed by atoms with van der Waals surface area (Å²) in [5.74, 6) is 1.00. The number of nitrogen functional groups attached to an aromatic ring is 1. The second kappa shape index (κ2) is 4.89. The minimum absolute atomic E-state index is 0.350. The smallest absolute Gasteiger partial charge is 0.206 e. The van der Waals surface area contributed by atoms with Crippen LogP contribution >= 0.6 is 23.2 Å². The quantitative estimate of drug-likeness (QED) is 0.780. The summed E-state index contributed by atoms with van der Waals surface area (Å²) < 4.78 is 7.13. The van der Waals surface area contributed by atoms with Crippen LogP contribution in [0.3, 0.4) is 0 Å². The number of hydrogen-bond acceptors (Lipinski definition) is 3. The van der Waals surface area contributed by atoms with Gasteiger partial charge >= 0.3 is 0 Å². The van der Waals surface area contributed by atoms with Gasteiger partial charge in [0.2, 0.25) is 5.95 Å². The third kappa shape index (κ3) is 2.07. The summed E-state index contributed by atoms with van der Waals surface area (Å²) >= 11 is 12.1. The van der Waals surface area contributed by atoms with E-state index in [9.17, 15) is 0 Å². The van der Waals surface area contributed by atoms with Crippen molar-refractivity contribution < 1.29 is 4.74 Å². The van der Waals surface area contributed by atoms with E-state index in [2.05, 4.69) is 4.98 Å². The minimum Gasteiger partial charge on any atom is -0.495 e. The Bertz CT molecular complexity index is 798. The van der Waals surface area contributed by atoms with E-state index in [0.29, 0.717) is 21.7 Å². The van der Waals surface area contributed by atoms with E-state index in [4.69, 9.17) is 33.7 Å². The molecule has 0 spiro atoms. The molecule has 0 aliphatic heterocycles. The van der Waals surface area contributed by atoms with Crippen LogP contribution in [-0.2, 0) is 0 Å². The van der Waals surface area contributed by atoms with Crippen LogP contribution in [0.25, 0.3) is 16.7 Å². The third-order valence-corrected chi connectivity index (χ3v) is 3.49. The van der Waals surface area contributed by atoms with Crippen molar-refractivity contribution in [1.82, 2.24) is 9.55 Å². The molecule has 2 aromatic carbocycles. The Balaban J connectivity index is 2.37. The average molecular weight is 308 g/mol. The van der Waals surface area contributed by atoms with Crippen LogP contribution in [0.2, 0.25) is 10.0 Å². The fourth-order valence-electron chi connectivity index (χ4n) is 2.16. The molecular formula is C14H11Cl2N3O. The van der Waals surface area contributed by atoms with E-state index in [1.54, 1.807) is 42.0 Å². The SMILES string of the molecule is COc1ccc(Cl)cc1-n1c(N)nc2ccc(Cl)cc21. The van der Waals surface area contributed by atoms with Gasteiger partial charge in [0.05, 0.1) is 23.8 Å². The fourth-order valence-corrected chi connectivity index (χ4v) is 2.49. The summed E-state index contributed by atoms with van der Waals surface area (Å²) in [6.07, 6.45) is 0. The Labute approximate surface area is 125 Å². The molecular weight excluding hydrogens is 297 g/mol. The lowest BCUT2D eigenvalue weighted by atomic mass is 10.2. The lowest BCUT2D eigenvalue weighted by Crippen LogP contribution is -2.02. The highest BCUT2D eigenvalue weighted by Crippen LogP contribution is 2.32. The molecule has 0 saturated carbocycles. The van der Waals surface area contributed by atoms with Gasteiger partial charge in [0, 0.05) is 10.0 Å². The first-order chi connectivity index (χ1) is 9.60. The first-order valence-corrected chi connectivity index (χ1v) is 6.63. The van der Waals surface area contributed by atoms with Crippen LogP contribution < -0.4 is 10.5 Å². The van der Waals surface area contributed by atoms with Crippen molar-refractivity contribution in [2.75, 3.05) is 12.8 Å². The van der Waals surface area contributed by atoms with Gasteiger partial charge < -0.3 is 10.5 Å². The van der Waals surface area contributed by atoms with Crippen molar-refractivity contribution in [2.24, 2.45) is 0 Å². The molecule has 0 aliphatic rings. The van der Waals surface area contributed by atoms with Crippen LogP contribution in [0.5, 0.6) is 5.75 Å². The number of nitrogens with two attached hydrogens (primary N) is 1. The van der Waals surface area contributed by atoms with E-state index in [1.807, 2.05) is 6.07 Å². The number of benzene rings is 2. The average Bonchev–Trinajstić information content (AvgIpc) is 2.74. The highest BCUT2D eigenvalue weighted by molar-refractivity contribution is 6.31. The Kier molecular flexibility index (Phi) is 3.20. The molecule has 0 aliphatic carbocycles. The second-order valence-electron chi connectivity index (χ2n) is 4.25. The third-order valence-electron chi connectivity index (χ3n) is 3.02. The number of nitrogens with zero attached hydrogens (tertiary/aromatic N) is 2. The highest BCUT2D eigenvalue weighted by Gasteiger charge is 2.14. The van der Waals surface area contributed by atoms with Crippen LogP contribution in [0, 0.1) is 0 Å². The molecule has 0 unspecified atom stereocenters. The van der Waals surface area contributed by atoms with Crippen molar-refractivity contribution in [3.63, 3.8) is 0 Å². The monoisotopic (exact) mass is 307 g/mol. The molecule has 0 saturated heterocycles. The largest absolute Gasteiger partial charge is 0.495 e. The van der Waals surface area contributed by atoms with E-state index in [0.717, 1.165) is 16.7 Å². The van der Waals surface area contributed by atoms with Gasteiger partial charge in [-0.25, -0.2) is 4.98 Å². The molecule has 102 valence electrons. The molecule has 0 bridgehead atoms. The molecule has 0 atom stereocenters. The molecule has 0 amide bonds. The van der Waals surface area contributed by atoms with Crippen molar-refractivity contribution in [3.05, 3.63) is 46.4 Å². The maximum Gasteiger partial charge on any atom is 0.206 e. The summed E-state index contributed by atoms with van der Waals surface area (Å²) in [5, 5.41) is 1.20. The molecule has 2 N–H and O–H groups in total. The van der Waals surface area contributed by atoms with E-state index < -0.39 is 0 Å². The van der Waals surface area contributed by atoms with Crippen LogP contribution in [-0.4, -0.2) is 16.7 Å². The van der Waals surface area contributed by atoms with Crippen molar-refractivity contribution >= 4 is 40.2 Å². The number of hydrogen-bond donors (Lipinski definition) is 1. The van der Waals surface area contributed by atoms with Crippen molar-refractivity contribution in [2.45, 2.75) is 0 Å². The number of imidazole rings is 1. The van der Waals surface area contributed by atoms with Gasteiger partial charge in [-0.1, -0.05) is 23.2 Å². The van der Waals surface area contributed by atoms with Crippen LogP contribution in [0.4, 0.5) is 5.95 Å². The van der Waals surface area contributed by atoms with Crippen LogP contribution in [0.1, 0.15) is 0 Å². The fraction of sp³-hybridized carbons (Fsp3) is 0.0714. The molecule has 6 heteroatoms. The number of halogens is 2. The van der Waals surface area contributed by atoms with E-state index in [-0.39, 0.29) is 0 Å². The van der Waals surface area contributed by atoms with E-state index in [1.165, 1.54) is 0 Å². The molecule has 0 fully saturated rings. The minimum atomic E-state index is 0.350. The number of rotatable bonds is 2. The zero-order chi connectivity index (χ0) is 14.3. The summed E-state index contributed by atoms with van der Waals surface area (Å²) in [5.41, 5.74) is 8.30. The van der Waals surface area contributed by atoms with Gasteiger partial charge in [-0.05, 0) is 36.4 Å². The molecule has 3 rings (SSSR count). The van der Waals surface area contributed by atoms with Crippen molar-refractivity contribution in [3.8, 4) is 11.4 Å². The number of aromatic nitrogens is 2. The van der Waals surface area contributed by atoms with Gasteiger partial charge in [0.25, 0.3) is 0 Å². The topological polar surface area (TPSA) is 53.1 Å². The Morgan fingerprint density at radius 1 is 1.10 bits per heavy atom. The predicted molar refractivity (Wildman–Crippen MR) is 82.1 cm³/mol. The first-order valence-electron chi connectivity index (χ1n) is 5.87. The zero-order valence-electron chi connectivity index (χ0n) is 10.6. The Morgan fingerprint density at radius 2 is 1.80 bits per heavy atom. The summed E-state index contributed by atoms with van der Waals surface area (Å²) in [6.45, 7) is 0. The second-order valence-corrected chi connectivity index (χ2v) is 5.13.